The first-order chi connectivity index (χ1) is 7.85. The molecule has 0 aliphatic carbocycles. The molecule has 0 amide bonds. The first-order valence-electron chi connectivity index (χ1n) is 5.80. The molecular formula is C10H19N5S. The van der Waals surface area contributed by atoms with Crippen LogP contribution in [-0.4, -0.2) is 53.9 Å². The molecular weight excluding hydrogens is 222 g/mol. The van der Waals surface area contributed by atoms with Crippen molar-refractivity contribution < 1.29 is 0 Å². The Morgan fingerprint density at radius 2 is 2.19 bits per heavy atom. The third-order valence-corrected chi connectivity index (χ3v) is 3.94. The summed E-state index contributed by atoms with van der Waals surface area (Å²) >= 11 is 1.61. The fourth-order valence-corrected chi connectivity index (χ4v) is 2.77. The number of aromatic nitrogens is 2. The molecule has 6 heteroatoms. The molecule has 1 aliphatic heterocycles. The van der Waals surface area contributed by atoms with Crippen molar-refractivity contribution in [3.05, 3.63) is 5.51 Å². The minimum absolute atomic E-state index is 0.538. The molecule has 0 aromatic carbocycles. The average molecular weight is 241 g/mol. The normalized spacial score (nSPS) is 20.0. The highest BCUT2D eigenvalue weighted by Gasteiger charge is 2.22. The minimum Gasteiger partial charge on any atom is -0.344 e. The molecule has 0 bridgehead atoms. The number of anilines is 1. The van der Waals surface area contributed by atoms with Gasteiger partial charge in [0.15, 0.2) is 0 Å². The van der Waals surface area contributed by atoms with E-state index < -0.39 is 0 Å². The third kappa shape index (κ3) is 2.50. The molecule has 0 radical (unpaired) electrons. The first kappa shape index (κ1) is 11.8. The van der Waals surface area contributed by atoms with E-state index >= 15 is 0 Å². The number of nitrogens with two attached hydrogens (primary N) is 1. The zero-order valence-corrected chi connectivity index (χ0v) is 10.5. The summed E-state index contributed by atoms with van der Waals surface area (Å²) in [6, 6.07) is 0.538. The summed E-state index contributed by atoms with van der Waals surface area (Å²) in [5.74, 6) is 0. The molecule has 1 aromatic rings. The van der Waals surface area contributed by atoms with Gasteiger partial charge in [0, 0.05) is 38.8 Å². The van der Waals surface area contributed by atoms with Crippen molar-refractivity contribution in [3.8, 4) is 0 Å². The summed E-state index contributed by atoms with van der Waals surface area (Å²) in [7, 11) is 0. The van der Waals surface area contributed by atoms with Crippen LogP contribution in [0.5, 0.6) is 0 Å². The van der Waals surface area contributed by atoms with Crippen LogP contribution in [0.2, 0.25) is 0 Å². The molecule has 1 aliphatic rings. The molecule has 1 atom stereocenters. The van der Waals surface area contributed by atoms with Crippen LogP contribution < -0.4 is 10.6 Å². The van der Waals surface area contributed by atoms with Crippen LogP contribution in [0.4, 0.5) is 5.13 Å². The lowest BCUT2D eigenvalue weighted by atomic mass is 10.1. The second-order valence-electron chi connectivity index (χ2n) is 4.04. The van der Waals surface area contributed by atoms with Gasteiger partial charge < -0.3 is 10.6 Å². The van der Waals surface area contributed by atoms with Gasteiger partial charge in [-0.3, -0.25) is 4.90 Å². The topological polar surface area (TPSA) is 58.3 Å². The van der Waals surface area contributed by atoms with Crippen LogP contribution in [-0.2, 0) is 0 Å². The molecule has 1 aromatic heterocycles. The lowest BCUT2D eigenvalue weighted by Gasteiger charge is -2.38. The molecule has 1 saturated heterocycles. The maximum Gasteiger partial charge on any atom is 0.208 e. The number of hydrogen-bond acceptors (Lipinski definition) is 6. The van der Waals surface area contributed by atoms with E-state index in [9.17, 15) is 0 Å². The smallest absolute Gasteiger partial charge is 0.208 e. The van der Waals surface area contributed by atoms with E-state index in [0.29, 0.717) is 6.04 Å². The summed E-state index contributed by atoms with van der Waals surface area (Å²) in [6.45, 7) is 7.19. The van der Waals surface area contributed by atoms with E-state index in [-0.39, 0.29) is 0 Å². The molecule has 5 nitrogen and oxygen atoms in total. The average Bonchev–Trinajstić information content (AvgIpc) is 2.85. The van der Waals surface area contributed by atoms with Crippen molar-refractivity contribution in [1.29, 1.82) is 0 Å². The SMILES string of the molecule is CCC(CN)N1CCN(c2nncs2)CC1. The van der Waals surface area contributed by atoms with Gasteiger partial charge >= 0.3 is 0 Å². The third-order valence-electron chi connectivity index (χ3n) is 3.19. The van der Waals surface area contributed by atoms with Gasteiger partial charge in [0.1, 0.15) is 5.51 Å². The molecule has 16 heavy (non-hydrogen) atoms. The number of nitrogens with zero attached hydrogens (tertiary/aromatic N) is 4. The molecule has 90 valence electrons. The Hall–Kier alpha value is -0.720. The molecule has 0 saturated carbocycles. The highest BCUT2D eigenvalue weighted by molar-refractivity contribution is 7.13. The second-order valence-corrected chi connectivity index (χ2v) is 4.85. The summed E-state index contributed by atoms with van der Waals surface area (Å²) in [4.78, 5) is 4.79. The summed E-state index contributed by atoms with van der Waals surface area (Å²) in [5, 5.41) is 9.02. The van der Waals surface area contributed by atoms with Crippen LogP contribution in [0.15, 0.2) is 5.51 Å². The van der Waals surface area contributed by atoms with Crippen LogP contribution in [0.1, 0.15) is 13.3 Å². The Kier molecular flexibility index (Phi) is 4.09. The highest BCUT2D eigenvalue weighted by atomic mass is 32.1. The monoisotopic (exact) mass is 241 g/mol. The standard InChI is InChI=1S/C10H19N5S/c1-2-9(7-11)14-3-5-15(6-4-14)10-13-12-8-16-10/h8-9H,2-7,11H2,1H3. The van der Waals surface area contributed by atoms with E-state index in [1.165, 1.54) is 0 Å². The maximum absolute atomic E-state index is 5.77. The zero-order chi connectivity index (χ0) is 11.4. The predicted octanol–water partition coefficient (Wildman–Crippen LogP) is 0.397. The number of piperazine rings is 1. The predicted molar refractivity (Wildman–Crippen MR) is 66.8 cm³/mol. The molecule has 2 N–H and O–H groups in total. The van der Waals surface area contributed by atoms with Crippen LogP contribution in [0.3, 0.4) is 0 Å². The Balaban J connectivity index is 1.87. The van der Waals surface area contributed by atoms with E-state index in [2.05, 4.69) is 26.9 Å². The van der Waals surface area contributed by atoms with Crippen LogP contribution in [0, 0.1) is 0 Å². The van der Waals surface area contributed by atoms with Gasteiger partial charge in [-0.15, -0.1) is 10.2 Å². The fourth-order valence-electron chi connectivity index (χ4n) is 2.16. The quantitative estimate of drug-likeness (QED) is 0.827. The summed E-state index contributed by atoms with van der Waals surface area (Å²) in [6.07, 6.45) is 1.13. The van der Waals surface area contributed by atoms with Crippen molar-refractivity contribution in [3.63, 3.8) is 0 Å². The van der Waals surface area contributed by atoms with Gasteiger partial charge in [-0.05, 0) is 6.42 Å². The van der Waals surface area contributed by atoms with E-state index in [4.69, 9.17) is 5.73 Å². The second kappa shape index (κ2) is 5.56. The summed E-state index contributed by atoms with van der Waals surface area (Å²) in [5.41, 5.74) is 7.56. The Labute approximate surface area is 100 Å². The van der Waals surface area contributed by atoms with E-state index in [1.807, 2.05) is 0 Å². The fraction of sp³-hybridized carbons (Fsp3) is 0.800. The number of hydrogen-bond donors (Lipinski definition) is 1. The minimum atomic E-state index is 0.538. The van der Waals surface area contributed by atoms with Crippen molar-refractivity contribution >= 4 is 16.5 Å². The van der Waals surface area contributed by atoms with Gasteiger partial charge in [-0.1, -0.05) is 18.3 Å². The van der Waals surface area contributed by atoms with Gasteiger partial charge in [-0.25, -0.2) is 0 Å². The molecule has 0 spiro atoms. The number of rotatable bonds is 4. The van der Waals surface area contributed by atoms with Crippen molar-refractivity contribution in [2.45, 2.75) is 19.4 Å². The largest absolute Gasteiger partial charge is 0.344 e. The van der Waals surface area contributed by atoms with Gasteiger partial charge in [0.05, 0.1) is 0 Å². The molecule has 1 fully saturated rings. The molecule has 2 heterocycles. The van der Waals surface area contributed by atoms with Gasteiger partial charge in [-0.2, -0.15) is 0 Å². The molecule has 1 unspecified atom stereocenters. The van der Waals surface area contributed by atoms with Crippen molar-refractivity contribution in [1.82, 2.24) is 15.1 Å². The van der Waals surface area contributed by atoms with Crippen LogP contribution >= 0.6 is 11.3 Å². The summed E-state index contributed by atoms with van der Waals surface area (Å²) < 4.78 is 0. The van der Waals surface area contributed by atoms with E-state index in [1.54, 1.807) is 16.8 Å². The zero-order valence-electron chi connectivity index (χ0n) is 9.67. The Morgan fingerprint density at radius 3 is 2.69 bits per heavy atom. The Morgan fingerprint density at radius 1 is 1.44 bits per heavy atom. The van der Waals surface area contributed by atoms with Gasteiger partial charge in [0.25, 0.3) is 0 Å². The van der Waals surface area contributed by atoms with E-state index in [0.717, 1.165) is 44.3 Å². The van der Waals surface area contributed by atoms with Crippen LogP contribution in [0.25, 0.3) is 0 Å². The lowest BCUT2D eigenvalue weighted by Crippen LogP contribution is -2.52. The Bertz CT molecular complexity index is 290. The van der Waals surface area contributed by atoms with Crippen molar-refractivity contribution in [2.75, 3.05) is 37.6 Å². The van der Waals surface area contributed by atoms with Crippen molar-refractivity contribution in [2.24, 2.45) is 5.73 Å². The first-order valence-corrected chi connectivity index (χ1v) is 6.68. The highest BCUT2D eigenvalue weighted by Crippen LogP contribution is 2.18. The van der Waals surface area contributed by atoms with Gasteiger partial charge in [0.2, 0.25) is 5.13 Å². The molecule has 2 rings (SSSR count). The lowest BCUT2D eigenvalue weighted by molar-refractivity contribution is 0.184. The maximum atomic E-state index is 5.77.